The Labute approximate surface area is 205 Å². The van der Waals surface area contributed by atoms with E-state index in [9.17, 15) is 14.4 Å². The second-order valence-electron chi connectivity index (χ2n) is 9.15. The highest BCUT2D eigenvalue weighted by Crippen LogP contribution is 2.22. The lowest BCUT2D eigenvalue weighted by molar-refractivity contribution is -0.123. The second kappa shape index (κ2) is 11.3. The first-order chi connectivity index (χ1) is 16.7. The smallest absolute Gasteiger partial charge is 0.276 e. The summed E-state index contributed by atoms with van der Waals surface area (Å²) < 4.78 is 5.46. The number of ether oxygens (including phenoxy) is 1. The number of hydrazine groups is 1. The van der Waals surface area contributed by atoms with Crippen LogP contribution in [0.15, 0.2) is 72.8 Å². The molecular weight excluding hydrogens is 442 g/mol. The van der Waals surface area contributed by atoms with Crippen LogP contribution in [-0.2, 0) is 16.6 Å². The van der Waals surface area contributed by atoms with Gasteiger partial charge in [0.1, 0.15) is 5.75 Å². The predicted octanol–water partition coefficient (Wildman–Crippen LogP) is 4.64. The molecule has 3 amide bonds. The van der Waals surface area contributed by atoms with E-state index in [1.54, 1.807) is 42.5 Å². The summed E-state index contributed by atoms with van der Waals surface area (Å²) in [6.45, 7) is 8.16. The zero-order valence-electron chi connectivity index (χ0n) is 20.5. The van der Waals surface area contributed by atoms with Crippen LogP contribution in [0.3, 0.4) is 0 Å². The molecule has 0 aliphatic rings. The Hall–Kier alpha value is -4.13. The van der Waals surface area contributed by atoms with Crippen molar-refractivity contribution in [3.8, 4) is 5.75 Å². The minimum atomic E-state index is -0.485. The van der Waals surface area contributed by atoms with Crippen LogP contribution >= 0.6 is 0 Å². The van der Waals surface area contributed by atoms with Crippen LogP contribution in [0.5, 0.6) is 5.75 Å². The number of hydrogen-bond donors (Lipinski definition) is 3. The van der Waals surface area contributed by atoms with Gasteiger partial charge in [-0.2, -0.15) is 0 Å². The van der Waals surface area contributed by atoms with Crippen LogP contribution in [0.4, 0.5) is 5.69 Å². The number of amides is 3. The van der Waals surface area contributed by atoms with Gasteiger partial charge in [-0.15, -0.1) is 0 Å². The van der Waals surface area contributed by atoms with Gasteiger partial charge >= 0.3 is 0 Å². The monoisotopic (exact) mass is 473 g/mol. The first kappa shape index (κ1) is 25.5. The molecule has 3 aromatic rings. The lowest BCUT2D eigenvalue weighted by atomic mass is 9.87. The summed E-state index contributed by atoms with van der Waals surface area (Å²) in [4.78, 5) is 36.8. The summed E-state index contributed by atoms with van der Waals surface area (Å²) in [5.74, 6) is -0.614. The fourth-order valence-corrected chi connectivity index (χ4v) is 3.27. The summed E-state index contributed by atoms with van der Waals surface area (Å²) in [6.07, 6.45) is 0.868. The van der Waals surface area contributed by atoms with Gasteiger partial charge < -0.3 is 10.1 Å². The van der Waals surface area contributed by atoms with Crippen LogP contribution in [0.1, 0.15) is 59.5 Å². The highest BCUT2D eigenvalue weighted by molar-refractivity contribution is 6.04. The lowest BCUT2D eigenvalue weighted by Gasteiger charge is -2.19. The molecule has 35 heavy (non-hydrogen) atoms. The zero-order chi connectivity index (χ0) is 25.4. The van der Waals surface area contributed by atoms with Crippen molar-refractivity contribution in [2.24, 2.45) is 0 Å². The fourth-order valence-electron chi connectivity index (χ4n) is 3.27. The molecule has 0 aliphatic carbocycles. The van der Waals surface area contributed by atoms with E-state index < -0.39 is 11.8 Å². The van der Waals surface area contributed by atoms with E-state index in [1.807, 2.05) is 37.3 Å². The normalized spacial score (nSPS) is 10.9. The number of rotatable bonds is 7. The molecule has 0 heterocycles. The molecule has 3 rings (SSSR count). The molecule has 0 radical (unpaired) electrons. The topological polar surface area (TPSA) is 96.5 Å². The molecule has 0 bridgehead atoms. The maximum Gasteiger partial charge on any atom is 0.276 e. The van der Waals surface area contributed by atoms with Crippen LogP contribution in [0.2, 0.25) is 0 Å². The molecule has 3 aromatic carbocycles. The quantitative estimate of drug-likeness (QED) is 0.436. The van der Waals surface area contributed by atoms with Gasteiger partial charge in [-0.25, -0.2) is 0 Å². The maximum absolute atomic E-state index is 12.5. The van der Waals surface area contributed by atoms with Crippen molar-refractivity contribution in [2.75, 3.05) is 11.9 Å². The van der Waals surface area contributed by atoms with E-state index >= 15 is 0 Å². The number of anilines is 1. The van der Waals surface area contributed by atoms with Gasteiger partial charge in [0.05, 0.1) is 0 Å². The van der Waals surface area contributed by atoms with Gasteiger partial charge in [-0.1, -0.05) is 52.0 Å². The molecule has 182 valence electrons. The molecule has 0 aliphatic heterocycles. The summed E-state index contributed by atoms with van der Waals surface area (Å²) in [5.41, 5.74) is 8.38. The van der Waals surface area contributed by atoms with Crippen LogP contribution in [0, 0.1) is 0 Å². The molecule has 0 aromatic heterocycles. The number of carbonyl (C=O) groups is 3. The summed E-state index contributed by atoms with van der Waals surface area (Å²) in [5, 5.41) is 2.82. The van der Waals surface area contributed by atoms with E-state index in [0.717, 1.165) is 17.5 Å². The van der Waals surface area contributed by atoms with Crippen molar-refractivity contribution in [3.05, 3.63) is 95.1 Å². The number of aryl methyl sites for hydroxylation is 1. The predicted molar refractivity (Wildman–Crippen MR) is 136 cm³/mol. The highest BCUT2D eigenvalue weighted by Gasteiger charge is 2.15. The van der Waals surface area contributed by atoms with Crippen molar-refractivity contribution in [1.82, 2.24) is 10.9 Å². The molecule has 3 N–H and O–H groups in total. The van der Waals surface area contributed by atoms with Crippen LogP contribution in [-0.4, -0.2) is 24.3 Å². The van der Waals surface area contributed by atoms with Crippen molar-refractivity contribution in [1.29, 1.82) is 0 Å². The maximum atomic E-state index is 12.5. The number of carbonyl (C=O) groups excluding carboxylic acids is 3. The minimum Gasteiger partial charge on any atom is -0.484 e. The van der Waals surface area contributed by atoms with Crippen LogP contribution < -0.4 is 20.9 Å². The molecule has 0 fully saturated rings. The SMILES string of the molecule is CCc1cccc(OCC(=O)NNC(=O)c2ccc(NC(=O)c3ccc(C(C)(C)C)cc3)cc2)c1. The third-order valence-corrected chi connectivity index (χ3v) is 5.41. The molecule has 0 spiro atoms. The summed E-state index contributed by atoms with van der Waals surface area (Å²) in [6, 6.07) is 21.3. The standard InChI is InChI=1S/C28H31N3O4/c1-5-19-7-6-8-24(17-19)35-18-25(32)30-31-27(34)21-11-15-23(16-12-21)29-26(33)20-9-13-22(14-10-20)28(2,3)4/h6-17H,5,18H2,1-4H3,(H,29,33)(H,30,32)(H,31,34). The van der Waals surface area contributed by atoms with Crippen molar-refractivity contribution in [3.63, 3.8) is 0 Å². The Morgan fingerprint density at radius 2 is 1.43 bits per heavy atom. The molecule has 0 atom stereocenters. The Bertz CT molecular complexity index is 1180. The molecule has 0 saturated carbocycles. The molecular formula is C28H31N3O4. The van der Waals surface area contributed by atoms with Gasteiger partial charge in [-0.05, 0) is 71.5 Å². The average molecular weight is 474 g/mol. The van der Waals surface area contributed by atoms with Crippen molar-refractivity contribution >= 4 is 23.4 Å². The molecule has 0 saturated heterocycles. The third-order valence-electron chi connectivity index (χ3n) is 5.41. The van der Waals surface area contributed by atoms with Gasteiger partial charge in [0.25, 0.3) is 17.7 Å². The van der Waals surface area contributed by atoms with Gasteiger partial charge in [0, 0.05) is 16.8 Å². The largest absolute Gasteiger partial charge is 0.484 e. The van der Waals surface area contributed by atoms with Gasteiger partial charge in [-0.3, -0.25) is 25.2 Å². The number of hydrogen-bond acceptors (Lipinski definition) is 4. The second-order valence-corrected chi connectivity index (χ2v) is 9.15. The fraction of sp³-hybridized carbons (Fsp3) is 0.250. The number of nitrogens with one attached hydrogen (secondary N) is 3. The van der Waals surface area contributed by atoms with Gasteiger partial charge in [0.15, 0.2) is 6.61 Å². The Kier molecular flexibility index (Phi) is 8.25. The third kappa shape index (κ3) is 7.43. The summed E-state index contributed by atoms with van der Waals surface area (Å²) >= 11 is 0. The van der Waals surface area contributed by atoms with E-state index in [1.165, 1.54) is 0 Å². The zero-order valence-corrected chi connectivity index (χ0v) is 20.5. The first-order valence-electron chi connectivity index (χ1n) is 11.5. The molecule has 7 heteroatoms. The Morgan fingerprint density at radius 1 is 0.800 bits per heavy atom. The average Bonchev–Trinajstić information content (AvgIpc) is 2.86. The van der Waals surface area contributed by atoms with E-state index in [-0.39, 0.29) is 17.9 Å². The number of benzene rings is 3. The van der Waals surface area contributed by atoms with Gasteiger partial charge in [0.2, 0.25) is 0 Å². The van der Waals surface area contributed by atoms with E-state index in [4.69, 9.17) is 4.74 Å². The van der Waals surface area contributed by atoms with Crippen molar-refractivity contribution < 1.29 is 19.1 Å². The van der Waals surface area contributed by atoms with Crippen molar-refractivity contribution in [2.45, 2.75) is 39.5 Å². The first-order valence-corrected chi connectivity index (χ1v) is 11.5. The van der Waals surface area contributed by atoms with E-state index in [0.29, 0.717) is 22.6 Å². The Balaban J connectivity index is 1.47. The Morgan fingerprint density at radius 3 is 2.06 bits per heavy atom. The van der Waals surface area contributed by atoms with E-state index in [2.05, 4.69) is 36.9 Å². The summed E-state index contributed by atoms with van der Waals surface area (Å²) in [7, 11) is 0. The minimum absolute atomic E-state index is 0.0124. The molecule has 0 unspecified atom stereocenters. The lowest BCUT2D eigenvalue weighted by Crippen LogP contribution is -2.43. The highest BCUT2D eigenvalue weighted by atomic mass is 16.5. The molecule has 7 nitrogen and oxygen atoms in total. The van der Waals surface area contributed by atoms with Crippen LogP contribution in [0.25, 0.3) is 0 Å².